The molecule has 1 amide bonds. The van der Waals surface area contributed by atoms with Crippen LogP contribution in [-0.4, -0.2) is 40.6 Å². The summed E-state index contributed by atoms with van der Waals surface area (Å²) in [4.78, 5) is 18.7. The number of carbonyl (C=O) groups is 1. The lowest BCUT2D eigenvalue weighted by Gasteiger charge is -2.21. The van der Waals surface area contributed by atoms with Crippen LogP contribution in [0.2, 0.25) is 0 Å². The lowest BCUT2D eigenvalue weighted by Crippen LogP contribution is -2.37. The van der Waals surface area contributed by atoms with E-state index in [1.807, 2.05) is 0 Å². The Hall–Kier alpha value is -1.69. The maximum Gasteiger partial charge on any atom is 0.234 e. The van der Waals surface area contributed by atoms with Crippen molar-refractivity contribution >= 4 is 5.91 Å². The maximum atomic E-state index is 12.2. The number of hydrogen-bond acceptors (Lipinski definition) is 5. The third kappa shape index (κ3) is 4.41. The Morgan fingerprint density at radius 3 is 3.09 bits per heavy atom. The molecule has 3 rings (SSSR count). The molecular formula is C17H26N4O2. The van der Waals surface area contributed by atoms with Gasteiger partial charge in [-0.1, -0.05) is 16.8 Å². The van der Waals surface area contributed by atoms with Crippen molar-refractivity contribution in [2.75, 3.05) is 19.6 Å². The zero-order chi connectivity index (χ0) is 16.1. The summed E-state index contributed by atoms with van der Waals surface area (Å²) in [5.41, 5.74) is 1.50. The summed E-state index contributed by atoms with van der Waals surface area (Å²) < 4.78 is 5.07. The smallest absolute Gasteiger partial charge is 0.234 e. The minimum atomic E-state index is 0.0912. The first kappa shape index (κ1) is 16.2. The predicted octanol–water partition coefficient (Wildman–Crippen LogP) is 2.52. The van der Waals surface area contributed by atoms with Crippen molar-refractivity contribution < 1.29 is 9.32 Å². The number of allylic oxidation sites excluding steroid dienone is 1. The van der Waals surface area contributed by atoms with Crippen LogP contribution < -0.4 is 5.32 Å². The highest BCUT2D eigenvalue weighted by molar-refractivity contribution is 5.78. The molecule has 1 atom stereocenters. The van der Waals surface area contributed by atoms with Crippen molar-refractivity contribution in [3.63, 3.8) is 0 Å². The molecule has 0 spiro atoms. The van der Waals surface area contributed by atoms with Gasteiger partial charge in [-0.15, -0.1) is 0 Å². The van der Waals surface area contributed by atoms with Crippen LogP contribution in [-0.2, 0) is 4.79 Å². The lowest BCUT2D eigenvalue weighted by atomic mass is 9.97. The molecule has 0 aromatic carbocycles. The highest BCUT2D eigenvalue weighted by atomic mass is 16.5. The standard InChI is InChI=1S/C17H26N4O2/c1-13-19-17(20-23-13)15-8-5-11-21(15)12-16(22)18-10-9-14-6-3-2-4-7-14/h6,15H,2-5,7-12H2,1H3,(H,18,22). The maximum absolute atomic E-state index is 12.2. The Bertz CT molecular complexity index is 567. The van der Waals surface area contributed by atoms with Gasteiger partial charge in [0.1, 0.15) is 0 Å². The average molecular weight is 318 g/mol. The van der Waals surface area contributed by atoms with E-state index in [9.17, 15) is 4.79 Å². The van der Waals surface area contributed by atoms with E-state index < -0.39 is 0 Å². The number of carbonyl (C=O) groups excluding carboxylic acids is 1. The number of amides is 1. The molecule has 6 nitrogen and oxygen atoms in total. The molecule has 2 heterocycles. The summed E-state index contributed by atoms with van der Waals surface area (Å²) >= 11 is 0. The molecule has 1 aromatic heterocycles. The van der Waals surface area contributed by atoms with Gasteiger partial charge in [0, 0.05) is 13.5 Å². The number of aryl methyl sites for hydroxylation is 1. The van der Waals surface area contributed by atoms with Crippen molar-refractivity contribution in [1.82, 2.24) is 20.4 Å². The zero-order valence-corrected chi connectivity index (χ0v) is 13.9. The van der Waals surface area contributed by atoms with Crippen LogP contribution in [0.25, 0.3) is 0 Å². The monoisotopic (exact) mass is 318 g/mol. The molecule has 1 unspecified atom stereocenters. The molecule has 0 saturated carbocycles. The highest BCUT2D eigenvalue weighted by Gasteiger charge is 2.30. The zero-order valence-electron chi connectivity index (χ0n) is 13.9. The fourth-order valence-corrected chi connectivity index (χ4v) is 3.49. The summed E-state index contributed by atoms with van der Waals surface area (Å²) in [5.74, 6) is 1.38. The van der Waals surface area contributed by atoms with E-state index in [-0.39, 0.29) is 11.9 Å². The third-order valence-electron chi connectivity index (χ3n) is 4.70. The normalized spacial score (nSPS) is 22.1. The quantitative estimate of drug-likeness (QED) is 0.816. The number of rotatable bonds is 6. The first-order valence-corrected chi connectivity index (χ1v) is 8.71. The average Bonchev–Trinajstić information content (AvgIpc) is 3.17. The SMILES string of the molecule is Cc1nc(C2CCCN2CC(=O)NCCC2=CCCCC2)no1. The molecule has 1 N–H and O–H groups in total. The van der Waals surface area contributed by atoms with Gasteiger partial charge >= 0.3 is 0 Å². The van der Waals surface area contributed by atoms with E-state index in [1.165, 1.54) is 31.3 Å². The molecule has 1 aromatic rings. The molecule has 1 saturated heterocycles. The van der Waals surface area contributed by atoms with Crippen molar-refractivity contribution in [3.8, 4) is 0 Å². The van der Waals surface area contributed by atoms with Gasteiger partial charge in [-0.3, -0.25) is 9.69 Å². The van der Waals surface area contributed by atoms with Gasteiger partial charge in [-0.25, -0.2) is 0 Å². The number of nitrogens with one attached hydrogen (secondary N) is 1. The first-order chi connectivity index (χ1) is 11.2. The van der Waals surface area contributed by atoms with E-state index in [2.05, 4.69) is 26.4 Å². The van der Waals surface area contributed by atoms with Crippen molar-refractivity contribution in [1.29, 1.82) is 0 Å². The van der Waals surface area contributed by atoms with E-state index in [4.69, 9.17) is 4.52 Å². The first-order valence-electron chi connectivity index (χ1n) is 8.71. The van der Waals surface area contributed by atoms with Crippen LogP contribution in [0.15, 0.2) is 16.2 Å². The van der Waals surface area contributed by atoms with Gasteiger partial charge in [0.2, 0.25) is 11.8 Å². The molecular weight excluding hydrogens is 292 g/mol. The molecule has 23 heavy (non-hydrogen) atoms. The number of nitrogens with zero attached hydrogens (tertiary/aromatic N) is 3. The summed E-state index contributed by atoms with van der Waals surface area (Å²) in [6, 6.07) is 0.110. The van der Waals surface area contributed by atoms with Crippen LogP contribution in [0, 0.1) is 6.92 Å². The number of likely N-dealkylation sites (tertiary alicyclic amines) is 1. The van der Waals surface area contributed by atoms with Gasteiger partial charge in [-0.2, -0.15) is 4.98 Å². The van der Waals surface area contributed by atoms with E-state index >= 15 is 0 Å². The minimum Gasteiger partial charge on any atom is -0.355 e. The van der Waals surface area contributed by atoms with E-state index in [1.54, 1.807) is 6.92 Å². The topological polar surface area (TPSA) is 71.3 Å². The van der Waals surface area contributed by atoms with E-state index in [0.717, 1.165) is 32.4 Å². The second kappa shape index (κ2) is 7.73. The van der Waals surface area contributed by atoms with Crippen molar-refractivity contribution in [2.24, 2.45) is 0 Å². The van der Waals surface area contributed by atoms with Crippen LogP contribution in [0.4, 0.5) is 0 Å². The molecule has 0 bridgehead atoms. The number of aromatic nitrogens is 2. The fourth-order valence-electron chi connectivity index (χ4n) is 3.49. The molecule has 1 fully saturated rings. The molecule has 0 radical (unpaired) electrons. The van der Waals surface area contributed by atoms with Crippen LogP contribution >= 0.6 is 0 Å². The molecule has 126 valence electrons. The Balaban J connectivity index is 1.44. The molecule has 1 aliphatic carbocycles. The molecule has 1 aliphatic heterocycles. The third-order valence-corrected chi connectivity index (χ3v) is 4.70. The van der Waals surface area contributed by atoms with Crippen LogP contribution in [0.3, 0.4) is 0 Å². The Morgan fingerprint density at radius 1 is 1.43 bits per heavy atom. The van der Waals surface area contributed by atoms with Gasteiger partial charge in [-0.05, 0) is 51.5 Å². The second-order valence-electron chi connectivity index (χ2n) is 6.51. The number of hydrogen-bond donors (Lipinski definition) is 1. The van der Waals surface area contributed by atoms with Gasteiger partial charge in [0.15, 0.2) is 5.82 Å². The Kier molecular flexibility index (Phi) is 5.43. The highest BCUT2D eigenvalue weighted by Crippen LogP contribution is 2.29. The van der Waals surface area contributed by atoms with Gasteiger partial charge < -0.3 is 9.84 Å². The molecule has 2 aliphatic rings. The Labute approximate surface area is 137 Å². The van der Waals surface area contributed by atoms with Gasteiger partial charge in [0.25, 0.3) is 0 Å². The van der Waals surface area contributed by atoms with Crippen molar-refractivity contribution in [2.45, 2.75) is 57.9 Å². The van der Waals surface area contributed by atoms with Crippen LogP contribution in [0.1, 0.15) is 62.7 Å². The Morgan fingerprint density at radius 2 is 2.35 bits per heavy atom. The predicted molar refractivity (Wildman–Crippen MR) is 86.8 cm³/mol. The second-order valence-corrected chi connectivity index (χ2v) is 6.51. The van der Waals surface area contributed by atoms with Crippen LogP contribution in [0.5, 0.6) is 0 Å². The summed E-state index contributed by atoms with van der Waals surface area (Å²) in [5, 5.41) is 7.06. The lowest BCUT2D eigenvalue weighted by molar-refractivity contribution is -0.122. The summed E-state index contributed by atoms with van der Waals surface area (Å²) in [6.45, 7) is 3.86. The fraction of sp³-hybridized carbons (Fsp3) is 0.706. The van der Waals surface area contributed by atoms with E-state index in [0.29, 0.717) is 18.3 Å². The summed E-state index contributed by atoms with van der Waals surface area (Å²) in [7, 11) is 0. The summed E-state index contributed by atoms with van der Waals surface area (Å²) in [6.07, 6.45) is 10.4. The van der Waals surface area contributed by atoms with Gasteiger partial charge in [0.05, 0.1) is 12.6 Å². The molecule has 6 heteroatoms. The largest absolute Gasteiger partial charge is 0.355 e. The van der Waals surface area contributed by atoms with Crippen molar-refractivity contribution in [3.05, 3.63) is 23.4 Å². The minimum absolute atomic E-state index is 0.0912.